The van der Waals surface area contributed by atoms with Gasteiger partial charge < -0.3 is 10.1 Å². The normalized spacial score (nSPS) is 17.5. The molecule has 5 heteroatoms. The van der Waals surface area contributed by atoms with E-state index >= 15 is 0 Å². The summed E-state index contributed by atoms with van der Waals surface area (Å²) in [5, 5.41) is 4.43. The molecule has 1 aliphatic rings. The van der Waals surface area contributed by atoms with Gasteiger partial charge in [0.25, 0.3) is 0 Å². The Balaban J connectivity index is 1.60. The number of hydrogen-bond donors (Lipinski definition) is 1. The number of nitrogens with one attached hydrogen (secondary N) is 1. The summed E-state index contributed by atoms with van der Waals surface area (Å²) in [7, 11) is 6.11. The molecule has 1 fully saturated rings. The van der Waals surface area contributed by atoms with Gasteiger partial charge in [0, 0.05) is 17.2 Å². The number of benzene rings is 2. The van der Waals surface area contributed by atoms with E-state index in [-0.39, 0.29) is 17.3 Å². The van der Waals surface area contributed by atoms with Crippen molar-refractivity contribution < 1.29 is 9.13 Å². The molecule has 2 radical (unpaired) electrons. The number of nitrogens with zero attached hydrogens (tertiary/aromatic N) is 1. The standard InChI is InChI=1S/C23H24BFN2O/c1-16(21-14-19(24)13-17-3-2-10-27-22(17)21)28-15-23(8-11-26-12-9-23)18-4-6-20(25)7-5-18/h2-7,10,13-14,16,26H,8-9,11-12,15H2,1H3. The minimum Gasteiger partial charge on any atom is -0.373 e. The van der Waals surface area contributed by atoms with E-state index in [1.54, 1.807) is 6.20 Å². The van der Waals surface area contributed by atoms with Crippen LogP contribution in [0.2, 0.25) is 0 Å². The van der Waals surface area contributed by atoms with Gasteiger partial charge in [0.15, 0.2) is 0 Å². The second kappa shape index (κ2) is 8.02. The number of piperidine rings is 1. The van der Waals surface area contributed by atoms with Crippen LogP contribution in [0.1, 0.15) is 37.0 Å². The number of halogens is 1. The molecule has 3 aromatic rings. The van der Waals surface area contributed by atoms with E-state index in [1.165, 1.54) is 12.1 Å². The van der Waals surface area contributed by atoms with Gasteiger partial charge in [-0.2, -0.15) is 0 Å². The van der Waals surface area contributed by atoms with Crippen molar-refractivity contribution in [2.75, 3.05) is 19.7 Å². The van der Waals surface area contributed by atoms with Gasteiger partial charge in [-0.25, -0.2) is 4.39 Å². The molecule has 1 unspecified atom stereocenters. The van der Waals surface area contributed by atoms with Crippen LogP contribution < -0.4 is 10.8 Å². The van der Waals surface area contributed by atoms with Crippen molar-refractivity contribution in [3.8, 4) is 0 Å². The molecule has 0 amide bonds. The van der Waals surface area contributed by atoms with Crippen LogP contribution in [0.3, 0.4) is 0 Å². The van der Waals surface area contributed by atoms with Crippen LogP contribution in [0.25, 0.3) is 10.9 Å². The average Bonchev–Trinajstić information content (AvgIpc) is 2.72. The summed E-state index contributed by atoms with van der Waals surface area (Å²) in [5.74, 6) is -0.209. The monoisotopic (exact) mass is 374 g/mol. The number of fused-ring (bicyclic) bond motifs is 1. The molecule has 142 valence electrons. The van der Waals surface area contributed by atoms with Gasteiger partial charge in [0.05, 0.1) is 18.2 Å². The van der Waals surface area contributed by atoms with E-state index < -0.39 is 0 Å². The Kier molecular flexibility index (Phi) is 5.47. The minimum atomic E-state index is -0.209. The number of ether oxygens (including phenoxy) is 1. The SMILES string of the molecule is [B]c1cc(C(C)OCC2(c3ccc(F)cc3)CCNCC2)c2ncccc2c1. The zero-order chi connectivity index (χ0) is 19.6. The molecule has 4 rings (SSSR count). The van der Waals surface area contributed by atoms with E-state index in [1.807, 2.05) is 43.3 Å². The minimum absolute atomic E-state index is 0.114. The highest BCUT2D eigenvalue weighted by Crippen LogP contribution is 2.36. The molecule has 3 nitrogen and oxygen atoms in total. The summed E-state index contributed by atoms with van der Waals surface area (Å²) in [6.45, 7) is 4.47. The van der Waals surface area contributed by atoms with E-state index in [0.29, 0.717) is 12.1 Å². The topological polar surface area (TPSA) is 34.1 Å². The van der Waals surface area contributed by atoms with Crippen LogP contribution in [-0.2, 0) is 10.2 Å². The molecule has 2 aromatic carbocycles. The van der Waals surface area contributed by atoms with Crippen LogP contribution in [0.4, 0.5) is 4.39 Å². The smallest absolute Gasteiger partial charge is 0.123 e. The average molecular weight is 374 g/mol. The number of aromatic nitrogens is 1. The maximum Gasteiger partial charge on any atom is 0.123 e. The first-order chi connectivity index (χ1) is 13.6. The predicted octanol–water partition coefficient (Wildman–Crippen LogP) is 3.57. The Hall–Kier alpha value is -2.24. The van der Waals surface area contributed by atoms with E-state index in [0.717, 1.165) is 48.0 Å². The molecule has 1 N–H and O–H groups in total. The maximum atomic E-state index is 13.4. The van der Waals surface area contributed by atoms with Crippen LogP contribution in [0.5, 0.6) is 0 Å². The van der Waals surface area contributed by atoms with Crippen molar-refractivity contribution in [1.82, 2.24) is 10.3 Å². The van der Waals surface area contributed by atoms with Crippen LogP contribution in [-0.4, -0.2) is 32.5 Å². The number of pyridine rings is 1. The van der Waals surface area contributed by atoms with Gasteiger partial charge >= 0.3 is 0 Å². The number of hydrogen-bond acceptors (Lipinski definition) is 3. The fourth-order valence-electron chi connectivity index (χ4n) is 4.15. The Morgan fingerprint density at radius 3 is 2.68 bits per heavy atom. The van der Waals surface area contributed by atoms with Crippen molar-refractivity contribution in [3.05, 3.63) is 71.7 Å². The van der Waals surface area contributed by atoms with Gasteiger partial charge in [-0.05, 0) is 62.0 Å². The lowest BCUT2D eigenvalue weighted by Crippen LogP contribution is -2.43. The van der Waals surface area contributed by atoms with Gasteiger partial charge in [-0.15, -0.1) is 0 Å². The van der Waals surface area contributed by atoms with Gasteiger partial charge in [0.2, 0.25) is 0 Å². The Morgan fingerprint density at radius 2 is 1.93 bits per heavy atom. The molecule has 1 saturated heterocycles. The molecular formula is C23H24BFN2O. The number of rotatable bonds is 5. The maximum absolute atomic E-state index is 13.4. The molecule has 0 bridgehead atoms. The third-order valence-corrected chi connectivity index (χ3v) is 5.82. The summed E-state index contributed by atoms with van der Waals surface area (Å²) < 4.78 is 19.8. The second-order valence-corrected chi connectivity index (χ2v) is 7.68. The first-order valence-electron chi connectivity index (χ1n) is 9.80. The Labute approximate surface area is 166 Å². The second-order valence-electron chi connectivity index (χ2n) is 7.68. The Morgan fingerprint density at radius 1 is 1.18 bits per heavy atom. The summed E-state index contributed by atoms with van der Waals surface area (Å²) in [6.07, 6.45) is 3.57. The fourth-order valence-corrected chi connectivity index (χ4v) is 4.15. The van der Waals surface area contributed by atoms with Gasteiger partial charge in [-0.1, -0.05) is 35.8 Å². The zero-order valence-electron chi connectivity index (χ0n) is 16.1. The molecule has 2 heterocycles. The van der Waals surface area contributed by atoms with Crippen molar-refractivity contribution >= 4 is 24.2 Å². The predicted molar refractivity (Wildman–Crippen MR) is 112 cm³/mol. The lowest BCUT2D eigenvalue weighted by Gasteiger charge is -2.39. The van der Waals surface area contributed by atoms with Crippen LogP contribution in [0, 0.1) is 5.82 Å². The van der Waals surface area contributed by atoms with E-state index in [9.17, 15) is 4.39 Å². The molecular weight excluding hydrogens is 350 g/mol. The highest BCUT2D eigenvalue weighted by atomic mass is 19.1. The lowest BCUT2D eigenvalue weighted by molar-refractivity contribution is 0.0173. The van der Waals surface area contributed by atoms with Gasteiger partial charge in [-0.3, -0.25) is 4.98 Å². The summed E-state index contributed by atoms with van der Waals surface area (Å²) in [6, 6.07) is 14.7. The van der Waals surface area contributed by atoms with E-state index in [2.05, 4.69) is 10.3 Å². The molecule has 28 heavy (non-hydrogen) atoms. The molecule has 1 aliphatic heterocycles. The molecule has 0 spiro atoms. The van der Waals surface area contributed by atoms with Crippen molar-refractivity contribution in [3.63, 3.8) is 0 Å². The quantitative estimate of drug-likeness (QED) is 0.694. The zero-order valence-corrected chi connectivity index (χ0v) is 16.1. The lowest BCUT2D eigenvalue weighted by atomic mass is 9.74. The molecule has 1 aromatic heterocycles. The third kappa shape index (κ3) is 3.82. The fraction of sp³-hybridized carbons (Fsp3) is 0.348. The van der Waals surface area contributed by atoms with Crippen molar-refractivity contribution in [1.29, 1.82) is 0 Å². The van der Waals surface area contributed by atoms with Gasteiger partial charge in [0.1, 0.15) is 13.7 Å². The largest absolute Gasteiger partial charge is 0.373 e. The first kappa shape index (κ1) is 19.1. The highest BCUT2D eigenvalue weighted by Gasteiger charge is 2.35. The Bertz CT molecular complexity index is 954. The molecule has 0 saturated carbocycles. The van der Waals surface area contributed by atoms with Crippen molar-refractivity contribution in [2.45, 2.75) is 31.3 Å². The third-order valence-electron chi connectivity index (χ3n) is 5.82. The summed E-state index contributed by atoms with van der Waals surface area (Å²) in [5.41, 5.74) is 3.65. The van der Waals surface area contributed by atoms with Crippen LogP contribution >= 0.6 is 0 Å². The van der Waals surface area contributed by atoms with Crippen LogP contribution in [0.15, 0.2) is 54.7 Å². The van der Waals surface area contributed by atoms with E-state index in [4.69, 9.17) is 12.6 Å². The first-order valence-corrected chi connectivity index (χ1v) is 9.80. The molecule has 0 aliphatic carbocycles. The summed E-state index contributed by atoms with van der Waals surface area (Å²) in [4.78, 5) is 4.54. The highest BCUT2D eigenvalue weighted by molar-refractivity contribution is 6.33. The molecule has 1 atom stereocenters. The summed E-state index contributed by atoms with van der Waals surface area (Å²) >= 11 is 0. The van der Waals surface area contributed by atoms with Crippen molar-refractivity contribution in [2.24, 2.45) is 0 Å².